The fourth-order valence-corrected chi connectivity index (χ4v) is 3.12. The molecule has 1 fully saturated rings. The van der Waals surface area contributed by atoms with Gasteiger partial charge >= 0.3 is 12.1 Å². The van der Waals surface area contributed by atoms with E-state index in [0.717, 1.165) is 12.0 Å². The summed E-state index contributed by atoms with van der Waals surface area (Å²) in [5, 5.41) is 2.51. The summed E-state index contributed by atoms with van der Waals surface area (Å²) in [5.74, 6) is -1.29. The number of benzene rings is 1. The summed E-state index contributed by atoms with van der Waals surface area (Å²) in [7, 11) is 1.24. The van der Waals surface area contributed by atoms with Gasteiger partial charge in [0.1, 0.15) is 17.4 Å². The Hall–Kier alpha value is -2.70. The molecule has 160 valence electrons. The zero-order chi connectivity index (χ0) is 20.9. The number of ether oxygens (including phenoxy) is 2. The fourth-order valence-electron chi connectivity index (χ4n) is 3.12. The molecular formula is C22H31NO6. The molecule has 1 aromatic carbocycles. The zero-order valence-corrected chi connectivity index (χ0v) is 16.7. The normalized spacial score (nSPS) is 17.1. The quantitative estimate of drug-likeness (QED) is 0.442. The van der Waals surface area contributed by atoms with E-state index in [1.165, 1.54) is 7.11 Å². The summed E-state index contributed by atoms with van der Waals surface area (Å²) in [4.78, 5) is 48.2. The van der Waals surface area contributed by atoms with Crippen molar-refractivity contribution in [1.29, 1.82) is 0 Å². The van der Waals surface area contributed by atoms with Crippen LogP contribution in [-0.2, 0) is 25.5 Å². The molecule has 2 unspecified atom stereocenters. The summed E-state index contributed by atoms with van der Waals surface area (Å²) in [5.41, 5.74) is 0.518. The number of alkyl carbamates (subject to hydrolysis) is 1. The lowest BCUT2D eigenvalue weighted by atomic mass is 9.94. The highest BCUT2D eigenvalue weighted by molar-refractivity contribution is 6.11. The third-order valence-electron chi connectivity index (χ3n) is 4.48. The molecule has 1 saturated carbocycles. The SMILES string of the molecule is C.COC(=O)C(Cc1ccc(C(=O)C2CCCC2=O)cc1)NC(=O)OC(C)(C)C. The average Bonchev–Trinajstić information content (AvgIpc) is 3.05. The van der Waals surface area contributed by atoms with Crippen LogP contribution < -0.4 is 5.32 Å². The Morgan fingerprint density at radius 1 is 1.17 bits per heavy atom. The van der Waals surface area contributed by atoms with Crippen LogP contribution in [-0.4, -0.2) is 42.4 Å². The molecule has 0 aliphatic heterocycles. The summed E-state index contributed by atoms with van der Waals surface area (Å²) < 4.78 is 9.94. The van der Waals surface area contributed by atoms with Crippen LogP contribution in [0.1, 0.15) is 63.4 Å². The molecule has 0 aromatic heterocycles. The lowest BCUT2D eigenvalue weighted by Crippen LogP contribution is -2.45. The standard InChI is InChI=1S/C21H27NO6.CH4/c1-21(2,3)28-20(26)22-16(19(25)27-4)12-13-8-10-14(11-9-13)18(24)15-6-5-7-17(15)23;/h8-11,15-16H,5-7,12H2,1-4H3,(H,22,26);1H4. The van der Waals surface area contributed by atoms with Crippen LogP contribution in [0.15, 0.2) is 24.3 Å². The van der Waals surface area contributed by atoms with E-state index < -0.39 is 29.6 Å². The van der Waals surface area contributed by atoms with Gasteiger partial charge in [0.15, 0.2) is 5.78 Å². The van der Waals surface area contributed by atoms with Crippen molar-refractivity contribution in [2.45, 2.75) is 65.5 Å². The van der Waals surface area contributed by atoms with Crippen molar-refractivity contribution in [1.82, 2.24) is 5.32 Å². The van der Waals surface area contributed by atoms with E-state index in [1.54, 1.807) is 45.0 Å². The number of hydrogen-bond acceptors (Lipinski definition) is 6. The smallest absolute Gasteiger partial charge is 0.408 e. The summed E-state index contributed by atoms with van der Waals surface area (Å²) in [6.07, 6.45) is 1.29. The number of Topliss-reactive ketones (excluding diaryl/α,β-unsaturated/α-hetero) is 2. The number of hydrogen-bond donors (Lipinski definition) is 1. The number of ketones is 2. The van der Waals surface area contributed by atoms with Gasteiger partial charge in [-0.15, -0.1) is 0 Å². The Morgan fingerprint density at radius 3 is 2.28 bits per heavy atom. The second-order valence-electron chi connectivity index (χ2n) is 7.90. The van der Waals surface area contributed by atoms with Crippen LogP contribution in [0.4, 0.5) is 4.79 Å². The predicted octanol–water partition coefficient (Wildman–Crippen LogP) is 3.48. The monoisotopic (exact) mass is 405 g/mol. The Balaban J connectivity index is 0.00000420. The molecule has 7 nitrogen and oxygen atoms in total. The van der Waals surface area contributed by atoms with Crippen LogP contribution in [0.2, 0.25) is 0 Å². The van der Waals surface area contributed by atoms with Crippen molar-refractivity contribution in [3.63, 3.8) is 0 Å². The molecule has 0 bridgehead atoms. The largest absolute Gasteiger partial charge is 0.467 e. The van der Waals surface area contributed by atoms with E-state index in [2.05, 4.69) is 5.32 Å². The summed E-state index contributed by atoms with van der Waals surface area (Å²) in [6, 6.07) is 5.78. The van der Waals surface area contributed by atoms with E-state index in [1.807, 2.05) is 0 Å². The van der Waals surface area contributed by atoms with Gasteiger partial charge in [0.2, 0.25) is 0 Å². The van der Waals surface area contributed by atoms with Crippen molar-refractivity contribution in [2.75, 3.05) is 7.11 Å². The highest BCUT2D eigenvalue weighted by Gasteiger charge is 2.31. The van der Waals surface area contributed by atoms with Gasteiger partial charge in [0.25, 0.3) is 0 Å². The van der Waals surface area contributed by atoms with Crippen LogP contribution in [0.25, 0.3) is 0 Å². The number of amides is 1. The molecule has 0 heterocycles. The summed E-state index contributed by atoms with van der Waals surface area (Å²) in [6.45, 7) is 5.18. The molecule has 29 heavy (non-hydrogen) atoms. The zero-order valence-electron chi connectivity index (χ0n) is 16.7. The molecule has 0 saturated heterocycles. The highest BCUT2D eigenvalue weighted by atomic mass is 16.6. The van der Waals surface area contributed by atoms with Crippen molar-refractivity contribution >= 4 is 23.6 Å². The van der Waals surface area contributed by atoms with E-state index in [-0.39, 0.29) is 25.4 Å². The molecular weight excluding hydrogens is 374 g/mol. The minimum atomic E-state index is -0.919. The van der Waals surface area contributed by atoms with Crippen LogP contribution in [0.5, 0.6) is 0 Å². The molecule has 1 aromatic rings. The Kier molecular flexibility index (Phi) is 8.55. The first kappa shape index (κ1) is 24.3. The van der Waals surface area contributed by atoms with Crippen molar-refractivity contribution in [3.05, 3.63) is 35.4 Å². The maximum Gasteiger partial charge on any atom is 0.408 e. The van der Waals surface area contributed by atoms with Gasteiger partial charge in [0.05, 0.1) is 13.0 Å². The number of carbonyl (C=O) groups is 4. The number of esters is 1. The van der Waals surface area contributed by atoms with Crippen molar-refractivity contribution in [2.24, 2.45) is 5.92 Å². The Bertz CT molecular complexity index is 748. The number of nitrogens with one attached hydrogen (secondary N) is 1. The van der Waals surface area contributed by atoms with Gasteiger partial charge in [-0.3, -0.25) is 9.59 Å². The molecule has 2 atom stereocenters. The van der Waals surface area contributed by atoms with Crippen molar-refractivity contribution < 1.29 is 28.7 Å². The van der Waals surface area contributed by atoms with Gasteiger partial charge in [-0.25, -0.2) is 9.59 Å². The van der Waals surface area contributed by atoms with Gasteiger partial charge in [-0.1, -0.05) is 31.7 Å². The maximum absolute atomic E-state index is 12.5. The van der Waals surface area contributed by atoms with Crippen LogP contribution >= 0.6 is 0 Å². The van der Waals surface area contributed by atoms with Gasteiger partial charge < -0.3 is 14.8 Å². The number of rotatable bonds is 6. The number of carbonyl (C=O) groups excluding carboxylic acids is 4. The lowest BCUT2D eigenvalue weighted by Gasteiger charge is -2.22. The highest BCUT2D eigenvalue weighted by Crippen LogP contribution is 2.25. The molecule has 7 heteroatoms. The first-order valence-electron chi connectivity index (χ1n) is 9.34. The fraction of sp³-hybridized carbons (Fsp3) is 0.545. The lowest BCUT2D eigenvalue weighted by molar-refractivity contribution is -0.143. The van der Waals surface area contributed by atoms with Gasteiger partial charge in [-0.2, -0.15) is 0 Å². The van der Waals surface area contributed by atoms with E-state index >= 15 is 0 Å². The first-order chi connectivity index (χ1) is 13.1. The van der Waals surface area contributed by atoms with E-state index in [4.69, 9.17) is 9.47 Å². The average molecular weight is 405 g/mol. The third kappa shape index (κ3) is 7.00. The molecule has 0 radical (unpaired) electrons. The summed E-state index contributed by atoms with van der Waals surface area (Å²) >= 11 is 0. The Morgan fingerprint density at radius 2 is 1.79 bits per heavy atom. The van der Waals surface area contributed by atoms with Gasteiger partial charge in [0, 0.05) is 18.4 Å². The maximum atomic E-state index is 12.5. The second-order valence-corrected chi connectivity index (χ2v) is 7.90. The molecule has 2 rings (SSSR count). The second kappa shape index (κ2) is 10.2. The van der Waals surface area contributed by atoms with Gasteiger partial charge in [-0.05, 0) is 39.2 Å². The molecule has 1 aliphatic carbocycles. The van der Waals surface area contributed by atoms with Crippen molar-refractivity contribution in [3.8, 4) is 0 Å². The van der Waals surface area contributed by atoms with E-state index in [0.29, 0.717) is 18.4 Å². The topological polar surface area (TPSA) is 98.8 Å². The first-order valence-corrected chi connectivity index (χ1v) is 9.34. The number of methoxy groups -OCH3 is 1. The van der Waals surface area contributed by atoms with Crippen LogP contribution in [0.3, 0.4) is 0 Å². The minimum Gasteiger partial charge on any atom is -0.467 e. The predicted molar refractivity (Wildman–Crippen MR) is 109 cm³/mol. The Labute approximate surface area is 172 Å². The van der Waals surface area contributed by atoms with Crippen LogP contribution in [0, 0.1) is 5.92 Å². The third-order valence-corrected chi connectivity index (χ3v) is 4.48. The molecule has 1 amide bonds. The minimum absolute atomic E-state index is 0. The molecule has 1 N–H and O–H groups in total. The van der Waals surface area contributed by atoms with E-state index in [9.17, 15) is 19.2 Å². The molecule has 0 spiro atoms. The molecule has 1 aliphatic rings.